The van der Waals surface area contributed by atoms with Gasteiger partial charge in [-0.15, -0.1) is 11.3 Å². The van der Waals surface area contributed by atoms with Crippen molar-refractivity contribution >= 4 is 39.9 Å². The molecule has 21 heavy (non-hydrogen) atoms. The first-order valence-electron chi connectivity index (χ1n) is 6.14. The Morgan fingerprint density at radius 1 is 1.33 bits per heavy atom. The largest absolute Gasteiger partial charge is 0.481 e. The molecule has 0 fully saturated rings. The van der Waals surface area contributed by atoms with E-state index < -0.39 is 5.97 Å². The number of aromatic nitrogens is 2. The smallest absolute Gasteiger partial charge is 0.303 e. The molecule has 2 aromatic heterocycles. The van der Waals surface area contributed by atoms with Gasteiger partial charge in [0.1, 0.15) is 10.8 Å². The number of amides is 1. The molecule has 0 saturated carbocycles. The highest BCUT2D eigenvalue weighted by molar-refractivity contribution is 7.13. The van der Waals surface area contributed by atoms with Gasteiger partial charge in [-0.3, -0.25) is 14.9 Å². The number of aryl methyl sites for hydroxylation is 1. The normalized spacial score (nSPS) is 10.3. The molecule has 0 atom stereocenters. The molecule has 0 unspecified atom stereocenters. The molecule has 2 heterocycles. The predicted molar refractivity (Wildman–Crippen MR) is 79.9 cm³/mol. The number of aliphatic carboxylic acids is 1. The quantitative estimate of drug-likeness (QED) is 0.797. The van der Waals surface area contributed by atoms with E-state index in [0.717, 1.165) is 5.69 Å². The average molecular weight is 326 g/mol. The van der Waals surface area contributed by atoms with Gasteiger partial charge in [0, 0.05) is 11.8 Å². The lowest BCUT2D eigenvalue weighted by molar-refractivity contribution is -0.137. The second-order valence-corrected chi connectivity index (χ2v) is 5.44. The molecule has 0 saturated heterocycles. The van der Waals surface area contributed by atoms with E-state index in [1.807, 2.05) is 0 Å². The number of rotatable bonds is 6. The molecule has 0 radical (unpaired) electrons. The van der Waals surface area contributed by atoms with Crippen LogP contribution in [-0.2, 0) is 11.2 Å². The highest BCUT2D eigenvalue weighted by atomic mass is 35.5. The van der Waals surface area contributed by atoms with Gasteiger partial charge in [-0.1, -0.05) is 17.7 Å². The van der Waals surface area contributed by atoms with E-state index >= 15 is 0 Å². The molecule has 2 aromatic rings. The predicted octanol–water partition coefficient (Wildman–Crippen LogP) is 2.85. The van der Waals surface area contributed by atoms with Gasteiger partial charge >= 0.3 is 5.97 Å². The van der Waals surface area contributed by atoms with Gasteiger partial charge in [-0.25, -0.2) is 9.97 Å². The van der Waals surface area contributed by atoms with E-state index in [9.17, 15) is 9.59 Å². The highest BCUT2D eigenvalue weighted by Crippen LogP contribution is 2.18. The van der Waals surface area contributed by atoms with Crippen molar-refractivity contribution in [2.75, 3.05) is 5.32 Å². The maximum atomic E-state index is 11.9. The fourth-order valence-corrected chi connectivity index (χ4v) is 2.50. The number of thiazole rings is 1. The highest BCUT2D eigenvalue weighted by Gasteiger charge is 2.11. The van der Waals surface area contributed by atoms with Gasteiger partial charge in [0.15, 0.2) is 5.13 Å². The number of hydrogen-bond acceptors (Lipinski definition) is 5. The van der Waals surface area contributed by atoms with E-state index in [4.69, 9.17) is 16.7 Å². The van der Waals surface area contributed by atoms with Crippen molar-refractivity contribution in [1.82, 2.24) is 9.97 Å². The van der Waals surface area contributed by atoms with Crippen LogP contribution in [0.2, 0.25) is 5.15 Å². The van der Waals surface area contributed by atoms with Gasteiger partial charge in [0.05, 0.1) is 5.69 Å². The second-order valence-electron chi connectivity index (χ2n) is 4.19. The number of carbonyl (C=O) groups excluding carboxylic acids is 1. The fraction of sp³-hybridized carbons (Fsp3) is 0.231. The maximum Gasteiger partial charge on any atom is 0.303 e. The number of nitrogens with one attached hydrogen (secondary N) is 1. The summed E-state index contributed by atoms with van der Waals surface area (Å²) >= 11 is 7.01. The summed E-state index contributed by atoms with van der Waals surface area (Å²) in [6, 6.07) is 4.79. The zero-order valence-corrected chi connectivity index (χ0v) is 12.4. The van der Waals surface area contributed by atoms with Crippen LogP contribution in [0, 0.1) is 0 Å². The Labute approximate surface area is 129 Å². The molecule has 0 aliphatic rings. The van der Waals surface area contributed by atoms with Gasteiger partial charge < -0.3 is 5.11 Å². The van der Waals surface area contributed by atoms with Gasteiger partial charge in [0.25, 0.3) is 5.91 Å². The number of halogens is 1. The Morgan fingerprint density at radius 3 is 2.86 bits per heavy atom. The number of carboxylic acids is 1. The number of carboxylic acid groups (broad SMARTS) is 1. The van der Waals surface area contributed by atoms with Crippen LogP contribution in [-0.4, -0.2) is 27.0 Å². The van der Waals surface area contributed by atoms with Crippen molar-refractivity contribution < 1.29 is 14.7 Å². The molecule has 6 nitrogen and oxygen atoms in total. The lowest BCUT2D eigenvalue weighted by Crippen LogP contribution is -2.13. The summed E-state index contributed by atoms with van der Waals surface area (Å²) in [6.45, 7) is 0. The third-order valence-electron chi connectivity index (χ3n) is 2.54. The number of pyridine rings is 1. The Kier molecular flexibility index (Phi) is 5.24. The molecule has 0 aliphatic heterocycles. The molecular formula is C13H12ClN3O3S. The first-order chi connectivity index (χ1) is 10.0. The Bertz CT molecular complexity index is 660. The molecule has 2 rings (SSSR count). The van der Waals surface area contributed by atoms with Crippen LogP contribution in [0.1, 0.15) is 29.0 Å². The zero-order valence-electron chi connectivity index (χ0n) is 10.9. The average Bonchev–Trinajstić information content (AvgIpc) is 2.86. The molecule has 2 N–H and O–H groups in total. The molecule has 0 spiro atoms. The molecule has 1 amide bonds. The molecule has 110 valence electrons. The standard InChI is InChI=1S/C13H12ClN3O3S/c14-10-5-2-4-9(16-10)12(20)17-13-15-8(7-21-13)3-1-6-11(18)19/h2,4-5,7H,1,3,6H2,(H,18,19)(H,15,17,20). The van der Waals surface area contributed by atoms with Crippen LogP contribution in [0.15, 0.2) is 23.6 Å². The summed E-state index contributed by atoms with van der Waals surface area (Å²) in [4.78, 5) is 30.5. The first-order valence-corrected chi connectivity index (χ1v) is 7.40. The third kappa shape index (κ3) is 4.80. The summed E-state index contributed by atoms with van der Waals surface area (Å²) in [5, 5.41) is 13.7. The first kappa shape index (κ1) is 15.4. The van der Waals surface area contributed by atoms with Crippen LogP contribution >= 0.6 is 22.9 Å². The topological polar surface area (TPSA) is 92.2 Å². The van der Waals surface area contributed by atoms with Crippen LogP contribution in [0.5, 0.6) is 0 Å². The minimum Gasteiger partial charge on any atom is -0.481 e. The maximum absolute atomic E-state index is 11.9. The molecule has 8 heteroatoms. The van der Waals surface area contributed by atoms with Crippen LogP contribution in [0.25, 0.3) is 0 Å². The summed E-state index contributed by atoms with van der Waals surface area (Å²) in [5.74, 6) is -1.21. The van der Waals surface area contributed by atoms with Crippen LogP contribution < -0.4 is 5.32 Å². The van der Waals surface area contributed by atoms with Gasteiger partial charge in [-0.2, -0.15) is 0 Å². The van der Waals surface area contributed by atoms with Crippen molar-refractivity contribution in [3.63, 3.8) is 0 Å². The summed E-state index contributed by atoms with van der Waals surface area (Å²) in [6.07, 6.45) is 1.18. The summed E-state index contributed by atoms with van der Waals surface area (Å²) in [7, 11) is 0. The Balaban J connectivity index is 1.93. The SMILES string of the molecule is O=C(O)CCCc1csc(NC(=O)c2cccc(Cl)n2)n1. The number of nitrogens with zero attached hydrogens (tertiary/aromatic N) is 2. The molecule has 0 aliphatic carbocycles. The molecule has 0 bridgehead atoms. The zero-order chi connectivity index (χ0) is 15.2. The van der Waals surface area contributed by atoms with E-state index in [1.165, 1.54) is 11.3 Å². The van der Waals surface area contributed by atoms with Crippen molar-refractivity contribution in [2.45, 2.75) is 19.3 Å². The summed E-state index contributed by atoms with van der Waals surface area (Å²) < 4.78 is 0. The Morgan fingerprint density at radius 2 is 2.14 bits per heavy atom. The number of carbonyl (C=O) groups is 2. The molecule has 0 aromatic carbocycles. The van der Waals surface area contributed by atoms with Gasteiger partial charge in [-0.05, 0) is 25.0 Å². The lowest BCUT2D eigenvalue weighted by atomic mass is 10.2. The van der Waals surface area contributed by atoms with Crippen LogP contribution in [0.3, 0.4) is 0 Å². The third-order valence-corrected chi connectivity index (χ3v) is 3.56. The van der Waals surface area contributed by atoms with E-state index in [2.05, 4.69) is 15.3 Å². The van der Waals surface area contributed by atoms with Crippen molar-refractivity contribution in [3.8, 4) is 0 Å². The molecular weight excluding hydrogens is 314 g/mol. The van der Waals surface area contributed by atoms with Crippen molar-refractivity contribution in [2.24, 2.45) is 0 Å². The minimum atomic E-state index is -0.828. The van der Waals surface area contributed by atoms with Crippen LogP contribution in [0.4, 0.5) is 5.13 Å². The van der Waals surface area contributed by atoms with E-state index in [0.29, 0.717) is 18.0 Å². The lowest BCUT2D eigenvalue weighted by Gasteiger charge is -2.01. The van der Waals surface area contributed by atoms with Crippen molar-refractivity contribution in [1.29, 1.82) is 0 Å². The minimum absolute atomic E-state index is 0.103. The Hall–Kier alpha value is -1.99. The second kappa shape index (κ2) is 7.14. The van der Waals surface area contributed by atoms with Gasteiger partial charge in [0.2, 0.25) is 0 Å². The fourth-order valence-electron chi connectivity index (χ4n) is 1.60. The van der Waals surface area contributed by atoms with Crippen molar-refractivity contribution in [3.05, 3.63) is 40.1 Å². The summed E-state index contributed by atoms with van der Waals surface area (Å²) in [5.41, 5.74) is 0.973. The number of hydrogen-bond donors (Lipinski definition) is 2. The monoisotopic (exact) mass is 325 g/mol. The number of anilines is 1. The van der Waals surface area contributed by atoms with E-state index in [1.54, 1.807) is 23.6 Å². The van der Waals surface area contributed by atoms with E-state index in [-0.39, 0.29) is 23.2 Å².